The predicted octanol–water partition coefficient (Wildman–Crippen LogP) is 3.83. The summed E-state index contributed by atoms with van der Waals surface area (Å²) in [4.78, 5) is 0. The molecule has 0 fully saturated rings. The van der Waals surface area contributed by atoms with Crippen LogP contribution in [0.3, 0.4) is 0 Å². The maximum absolute atomic E-state index is 9.72. The van der Waals surface area contributed by atoms with E-state index in [1.54, 1.807) is 0 Å². The Balaban J connectivity index is 4.10. The number of hydrogen-bond donors (Lipinski definition) is 1. The van der Waals surface area contributed by atoms with Crippen LogP contribution in [0.1, 0.15) is 26.7 Å². The maximum Gasteiger partial charge on any atom is 0.0566 e. The minimum absolute atomic E-state index is 0.185. The van der Waals surface area contributed by atoms with E-state index >= 15 is 0 Å². The zero-order valence-corrected chi connectivity index (χ0v) is 11.9. The fourth-order valence-electron chi connectivity index (χ4n) is 1.53. The molecule has 1 N–H and O–H groups in total. The Bertz CT molecular complexity index is 231. The van der Waals surface area contributed by atoms with Crippen molar-refractivity contribution in [2.75, 3.05) is 0 Å². The smallest absolute Gasteiger partial charge is 0.0566 e. The lowest BCUT2D eigenvalue weighted by Gasteiger charge is -2.19. The molecule has 0 spiro atoms. The van der Waals surface area contributed by atoms with Gasteiger partial charge >= 0.3 is 0 Å². The Hall–Kier alpha value is -0.303. The summed E-state index contributed by atoms with van der Waals surface area (Å²) in [6.45, 7) is 14.9. The minimum Gasteiger partial charge on any atom is -0.393 e. The highest BCUT2D eigenvalue weighted by molar-refractivity contribution is 6.76. The molecule has 1 nitrogen and oxygen atoms in total. The molecule has 0 amide bonds. The van der Waals surface area contributed by atoms with Crippen molar-refractivity contribution in [1.82, 2.24) is 0 Å². The van der Waals surface area contributed by atoms with E-state index in [9.17, 15) is 5.11 Å². The topological polar surface area (TPSA) is 20.2 Å². The SMILES string of the molecule is C=C=C(CCC(O)C(C)C)C[Si](C)(C)C. The lowest BCUT2D eigenvalue weighted by Crippen LogP contribution is -2.21. The average molecular weight is 226 g/mol. The first-order valence-corrected chi connectivity index (χ1v) is 9.53. The van der Waals surface area contributed by atoms with Crippen molar-refractivity contribution in [3.63, 3.8) is 0 Å². The van der Waals surface area contributed by atoms with Gasteiger partial charge in [0.1, 0.15) is 0 Å². The van der Waals surface area contributed by atoms with Crippen LogP contribution in [0.15, 0.2) is 17.9 Å². The van der Waals surface area contributed by atoms with Crippen molar-refractivity contribution < 1.29 is 5.11 Å². The molecular weight excluding hydrogens is 200 g/mol. The van der Waals surface area contributed by atoms with Gasteiger partial charge in [-0.25, -0.2) is 0 Å². The Kier molecular flexibility index (Phi) is 6.19. The first-order valence-electron chi connectivity index (χ1n) is 5.82. The summed E-state index contributed by atoms with van der Waals surface area (Å²) >= 11 is 0. The third-order valence-electron chi connectivity index (χ3n) is 2.51. The molecule has 1 unspecified atom stereocenters. The molecule has 0 saturated carbocycles. The number of hydrogen-bond acceptors (Lipinski definition) is 1. The quantitative estimate of drug-likeness (QED) is 0.539. The highest BCUT2D eigenvalue weighted by atomic mass is 28.3. The Labute approximate surface area is 95.9 Å². The van der Waals surface area contributed by atoms with Crippen LogP contribution in [0.25, 0.3) is 0 Å². The molecule has 0 saturated heterocycles. The first-order chi connectivity index (χ1) is 6.76. The molecule has 0 heterocycles. The van der Waals surface area contributed by atoms with Gasteiger partial charge in [-0.3, -0.25) is 0 Å². The van der Waals surface area contributed by atoms with Crippen molar-refractivity contribution in [2.24, 2.45) is 5.92 Å². The van der Waals surface area contributed by atoms with Crippen LogP contribution < -0.4 is 0 Å². The van der Waals surface area contributed by atoms with E-state index in [0.29, 0.717) is 5.92 Å². The van der Waals surface area contributed by atoms with E-state index in [-0.39, 0.29) is 6.10 Å². The molecule has 15 heavy (non-hydrogen) atoms. The summed E-state index contributed by atoms with van der Waals surface area (Å²) in [5.74, 6) is 0.350. The molecule has 0 aliphatic heterocycles. The van der Waals surface area contributed by atoms with Gasteiger partial charge in [0, 0.05) is 8.07 Å². The number of rotatable bonds is 6. The van der Waals surface area contributed by atoms with Crippen LogP contribution in [-0.4, -0.2) is 19.3 Å². The molecular formula is C13H26OSi. The van der Waals surface area contributed by atoms with Crippen molar-refractivity contribution in [1.29, 1.82) is 0 Å². The highest BCUT2D eigenvalue weighted by Gasteiger charge is 2.16. The molecule has 0 aliphatic carbocycles. The highest BCUT2D eigenvalue weighted by Crippen LogP contribution is 2.21. The number of aliphatic hydroxyl groups excluding tert-OH is 1. The lowest BCUT2D eigenvalue weighted by molar-refractivity contribution is 0.116. The van der Waals surface area contributed by atoms with Gasteiger partial charge in [0.05, 0.1) is 6.10 Å². The second-order valence-electron chi connectivity index (χ2n) is 5.87. The van der Waals surface area contributed by atoms with E-state index in [0.717, 1.165) is 18.9 Å². The summed E-state index contributed by atoms with van der Waals surface area (Å²) in [7, 11) is -1.06. The Morgan fingerprint density at radius 3 is 2.20 bits per heavy atom. The number of aliphatic hydroxyl groups is 1. The van der Waals surface area contributed by atoms with Gasteiger partial charge in [0.2, 0.25) is 0 Å². The van der Waals surface area contributed by atoms with Crippen molar-refractivity contribution in [3.05, 3.63) is 17.9 Å². The van der Waals surface area contributed by atoms with Crippen LogP contribution in [0.5, 0.6) is 0 Å². The minimum atomic E-state index is -1.06. The van der Waals surface area contributed by atoms with E-state index in [1.807, 2.05) is 0 Å². The van der Waals surface area contributed by atoms with Crippen LogP contribution in [0, 0.1) is 5.92 Å². The summed E-state index contributed by atoms with van der Waals surface area (Å²) in [6, 6.07) is 1.15. The normalized spacial score (nSPS) is 13.8. The van der Waals surface area contributed by atoms with Crippen LogP contribution in [0.2, 0.25) is 25.7 Å². The number of allylic oxidation sites excluding steroid dienone is 1. The van der Waals surface area contributed by atoms with E-state index in [2.05, 4.69) is 45.8 Å². The standard InChI is InChI=1S/C13H26OSi/c1-7-12(10-15(4,5)6)8-9-13(14)11(2)3/h11,13-14H,1,8-10H2,2-6H3. The van der Waals surface area contributed by atoms with Gasteiger partial charge in [0.15, 0.2) is 0 Å². The molecule has 0 aromatic carbocycles. The lowest BCUT2D eigenvalue weighted by atomic mass is 10.0. The van der Waals surface area contributed by atoms with E-state index in [4.69, 9.17) is 0 Å². The molecule has 1 atom stereocenters. The van der Waals surface area contributed by atoms with Gasteiger partial charge in [-0.2, -0.15) is 0 Å². The van der Waals surface area contributed by atoms with E-state index < -0.39 is 8.07 Å². The molecule has 0 aromatic rings. The van der Waals surface area contributed by atoms with Gasteiger partial charge in [-0.1, -0.05) is 40.1 Å². The summed E-state index contributed by atoms with van der Waals surface area (Å²) in [5, 5.41) is 9.72. The molecule has 0 radical (unpaired) electrons. The molecule has 2 heteroatoms. The molecule has 0 aliphatic rings. The summed E-state index contributed by atoms with van der Waals surface area (Å²) < 4.78 is 0. The zero-order valence-electron chi connectivity index (χ0n) is 10.9. The Morgan fingerprint density at radius 1 is 1.33 bits per heavy atom. The largest absolute Gasteiger partial charge is 0.393 e. The van der Waals surface area contributed by atoms with Gasteiger partial charge in [0.25, 0.3) is 0 Å². The fourth-order valence-corrected chi connectivity index (χ4v) is 3.12. The third kappa shape index (κ3) is 7.61. The molecule has 0 aromatic heterocycles. The molecule has 0 bridgehead atoms. The zero-order chi connectivity index (χ0) is 12.1. The average Bonchev–Trinajstić information content (AvgIpc) is 2.09. The molecule has 88 valence electrons. The van der Waals surface area contributed by atoms with Crippen molar-refractivity contribution >= 4 is 8.07 Å². The van der Waals surface area contributed by atoms with Gasteiger partial charge in [-0.05, 0) is 30.4 Å². The Morgan fingerprint density at radius 2 is 1.87 bits per heavy atom. The first kappa shape index (κ1) is 14.7. The maximum atomic E-state index is 9.72. The van der Waals surface area contributed by atoms with Gasteiger partial charge < -0.3 is 5.11 Å². The van der Waals surface area contributed by atoms with Crippen LogP contribution >= 0.6 is 0 Å². The van der Waals surface area contributed by atoms with Crippen LogP contribution in [0.4, 0.5) is 0 Å². The van der Waals surface area contributed by atoms with Crippen LogP contribution in [-0.2, 0) is 0 Å². The third-order valence-corrected chi connectivity index (χ3v) is 3.99. The van der Waals surface area contributed by atoms with E-state index in [1.165, 1.54) is 5.57 Å². The predicted molar refractivity (Wildman–Crippen MR) is 70.9 cm³/mol. The second kappa shape index (κ2) is 6.32. The van der Waals surface area contributed by atoms with Crippen molar-refractivity contribution in [2.45, 2.75) is 58.5 Å². The van der Waals surface area contributed by atoms with Crippen molar-refractivity contribution in [3.8, 4) is 0 Å². The second-order valence-corrected chi connectivity index (χ2v) is 11.3. The van der Waals surface area contributed by atoms with Gasteiger partial charge in [-0.15, -0.1) is 5.73 Å². The molecule has 0 rings (SSSR count). The monoisotopic (exact) mass is 226 g/mol. The fraction of sp³-hybridized carbons (Fsp3) is 0.769. The summed E-state index contributed by atoms with van der Waals surface area (Å²) in [5.41, 5.74) is 4.34. The summed E-state index contributed by atoms with van der Waals surface area (Å²) in [6.07, 6.45) is 1.61.